The van der Waals surface area contributed by atoms with E-state index in [1.165, 1.54) is 39.9 Å². The number of thiazole rings is 1. The Bertz CT molecular complexity index is 1380. The molecule has 8 nitrogen and oxygen atoms in total. The molecule has 0 N–H and O–H groups in total. The predicted octanol–water partition coefficient (Wildman–Crippen LogP) is 3.58. The Morgan fingerprint density at radius 1 is 1.15 bits per heavy atom. The molecule has 1 saturated heterocycles. The molecule has 34 heavy (non-hydrogen) atoms. The lowest BCUT2D eigenvalue weighted by Crippen LogP contribution is -2.48. The highest BCUT2D eigenvalue weighted by Crippen LogP contribution is 2.30. The minimum atomic E-state index is -3.67. The summed E-state index contributed by atoms with van der Waals surface area (Å²) in [7, 11) is -2.05. The van der Waals surface area contributed by atoms with Crippen molar-refractivity contribution in [3.8, 4) is 5.75 Å². The molecule has 1 aliphatic rings. The number of methoxy groups -OCH3 is 1. The average Bonchev–Trinajstić information content (AvgIpc) is 3.17. The standard InChI is InChI=1S/C24H29N3O5S2/c1-6-27-21-20(31-5)12-7-15(2)22(21)33-24(27)25-23(28)18-8-10-19(11-9-18)34(29,30)26-13-16(3)32-17(4)14-26/h7-12,16-17H,6,13-14H2,1-5H3. The molecule has 4 rings (SSSR count). The molecule has 2 aromatic carbocycles. The van der Waals surface area contributed by atoms with Gasteiger partial charge in [0, 0.05) is 25.2 Å². The van der Waals surface area contributed by atoms with Crippen molar-refractivity contribution in [1.29, 1.82) is 0 Å². The van der Waals surface area contributed by atoms with Crippen LogP contribution in [0.15, 0.2) is 46.3 Å². The van der Waals surface area contributed by atoms with E-state index >= 15 is 0 Å². The molecular formula is C24H29N3O5S2. The van der Waals surface area contributed by atoms with Gasteiger partial charge in [-0.2, -0.15) is 9.30 Å². The smallest absolute Gasteiger partial charge is 0.279 e. The second-order valence-corrected chi connectivity index (χ2v) is 11.3. The molecule has 1 aliphatic heterocycles. The zero-order valence-corrected chi connectivity index (χ0v) is 21.6. The van der Waals surface area contributed by atoms with Gasteiger partial charge in [0.05, 0.1) is 28.9 Å². The van der Waals surface area contributed by atoms with Crippen molar-refractivity contribution in [1.82, 2.24) is 8.87 Å². The molecule has 2 unspecified atom stereocenters. The van der Waals surface area contributed by atoms with E-state index < -0.39 is 15.9 Å². The lowest BCUT2D eigenvalue weighted by atomic mass is 10.2. The summed E-state index contributed by atoms with van der Waals surface area (Å²) in [5, 5.41) is 0. The van der Waals surface area contributed by atoms with Crippen molar-refractivity contribution in [2.24, 2.45) is 4.99 Å². The van der Waals surface area contributed by atoms with Crippen molar-refractivity contribution in [2.45, 2.75) is 51.3 Å². The number of nitrogens with zero attached hydrogens (tertiary/aromatic N) is 3. The molecule has 1 aromatic heterocycles. The Labute approximate surface area is 203 Å². The van der Waals surface area contributed by atoms with E-state index in [2.05, 4.69) is 4.99 Å². The number of benzene rings is 2. The summed E-state index contributed by atoms with van der Waals surface area (Å²) in [5.41, 5.74) is 2.32. The van der Waals surface area contributed by atoms with Gasteiger partial charge in [-0.1, -0.05) is 17.4 Å². The van der Waals surface area contributed by atoms with Gasteiger partial charge in [-0.05, 0) is 63.6 Å². The summed E-state index contributed by atoms with van der Waals surface area (Å²) in [6.45, 7) is 8.94. The second-order valence-electron chi connectivity index (χ2n) is 8.41. The van der Waals surface area contributed by atoms with Crippen molar-refractivity contribution >= 4 is 37.5 Å². The number of hydrogen-bond donors (Lipinski definition) is 0. The fourth-order valence-corrected chi connectivity index (χ4v) is 6.99. The van der Waals surface area contributed by atoms with Gasteiger partial charge in [0.25, 0.3) is 5.91 Å². The molecule has 2 heterocycles. The maximum absolute atomic E-state index is 13.1. The summed E-state index contributed by atoms with van der Waals surface area (Å²) in [5.74, 6) is 0.303. The summed E-state index contributed by atoms with van der Waals surface area (Å²) in [6, 6.07) is 9.86. The third-order valence-electron chi connectivity index (χ3n) is 5.84. The third kappa shape index (κ3) is 4.55. The topological polar surface area (TPSA) is 90.2 Å². The molecule has 182 valence electrons. The van der Waals surface area contributed by atoms with Crippen molar-refractivity contribution in [3.05, 3.63) is 52.3 Å². The molecule has 0 aliphatic carbocycles. The molecule has 1 amide bonds. The summed E-state index contributed by atoms with van der Waals surface area (Å²) in [4.78, 5) is 18.1. The van der Waals surface area contributed by atoms with Crippen LogP contribution in [0.5, 0.6) is 5.75 Å². The lowest BCUT2D eigenvalue weighted by Gasteiger charge is -2.34. The predicted molar refractivity (Wildman–Crippen MR) is 132 cm³/mol. The number of fused-ring (bicyclic) bond motifs is 1. The van der Waals surface area contributed by atoms with Crippen molar-refractivity contribution < 1.29 is 22.7 Å². The van der Waals surface area contributed by atoms with Crippen molar-refractivity contribution in [3.63, 3.8) is 0 Å². The number of amides is 1. The first-order valence-corrected chi connectivity index (χ1v) is 13.4. The van der Waals surface area contributed by atoms with E-state index in [1.807, 2.05) is 44.4 Å². The number of aromatic nitrogens is 1. The van der Waals surface area contributed by atoms with Gasteiger partial charge in [-0.15, -0.1) is 0 Å². The zero-order valence-electron chi connectivity index (χ0n) is 19.9. The van der Waals surface area contributed by atoms with Crippen LogP contribution in [0.4, 0.5) is 0 Å². The molecule has 0 spiro atoms. The van der Waals surface area contributed by atoms with Crippen LogP contribution in [0.1, 0.15) is 36.7 Å². The first kappa shape index (κ1) is 24.6. The van der Waals surface area contributed by atoms with E-state index in [-0.39, 0.29) is 17.1 Å². The maximum atomic E-state index is 13.1. The van der Waals surface area contributed by atoms with Crippen LogP contribution in [0.25, 0.3) is 10.2 Å². The minimum absolute atomic E-state index is 0.149. The van der Waals surface area contributed by atoms with E-state index in [0.717, 1.165) is 21.5 Å². The van der Waals surface area contributed by atoms with Crippen molar-refractivity contribution in [2.75, 3.05) is 20.2 Å². The molecular weight excluding hydrogens is 474 g/mol. The van der Waals surface area contributed by atoms with Crippen LogP contribution in [-0.2, 0) is 21.3 Å². The first-order valence-electron chi connectivity index (χ1n) is 11.2. The normalized spacial score (nSPS) is 20.1. The quantitative estimate of drug-likeness (QED) is 0.531. The van der Waals surface area contributed by atoms with Crippen LogP contribution in [0.3, 0.4) is 0 Å². The summed E-state index contributed by atoms with van der Waals surface area (Å²) < 4.78 is 41.7. The highest BCUT2D eigenvalue weighted by atomic mass is 32.2. The van der Waals surface area contributed by atoms with E-state index in [4.69, 9.17) is 9.47 Å². The molecule has 2 atom stereocenters. The SMILES string of the molecule is CCn1c(=NC(=O)c2ccc(S(=O)(=O)N3CC(C)OC(C)C3)cc2)sc2c(C)ccc(OC)c21. The Morgan fingerprint density at radius 3 is 2.38 bits per heavy atom. The number of carbonyl (C=O) groups is 1. The van der Waals surface area contributed by atoms with Crippen LogP contribution in [0, 0.1) is 6.92 Å². The van der Waals surface area contributed by atoms with E-state index in [9.17, 15) is 13.2 Å². The molecule has 10 heteroatoms. The fraction of sp³-hybridized carbons (Fsp3) is 0.417. The Balaban J connectivity index is 1.66. The number of ether oxygens (including phenoxy) is 2. The first-order chi connectivity index (χ1) is 16.1. The molecule has 1 fully saturated rings. The van der Waals surface area contributed by atoms with Crippen LogP contribution < -0.4 is 9.54 Å². The number of carbonyl (C=O) groups excluding carboxylic acids is 1. The Hall–Kier alpha value is -2.53. The monoisotopic (exact) mass is 503 g/mol. The highest BCUT2D eigenvalue weighted by Gasteiger charge is 2.32. The number of aryl methyl sites for hydroxylation is 2. The maximum Gasteiger partial charge on any atom is 0.279 e. The average molecular weight is 504 g/mol. The molecule has 0 bridgehead atoms. The van der Waals surface area contributed by atoms with Crippen LogP contribution in [0.2, 0.25) is 0 Å². The minimum Gasteiger partial charge on any atom is -0.495 e. The van der Waals surface area contributed by atoms with Gasteiger partial charge in [-0.3, -0.25) is 4.79 Å². The van der Waals surface area contributed by atoms with Gasteiger partial charge in [-0.25, -0.2) is 8.42 Å². The highest BCUT2D eigenvalue weighted by molar-refractivity contribution is 7.89. The Kier molecular flexibility index (Phi) is 6.95. The number of sulfonamides is 1. The number of hydrogen-bond acceptors (Lipinski definition) is 6. The van der Waals surface area contributed by atoms with Gasteiger partial charge < -0.3 is 14.0 Å². The summed E-state index contributed by atoms with van der Waals surface area (Å²) in [6.07, 6.45) is -0.348. The number of rotatable bonds is 5. The van der Waals surface area contributed by atoms with Gasteiger partial charge in [0.2, 0.25) is 10.0 Å². The lowest BCUT2D eigenvalue weighted by molar-refractivity contribution is -0.0440. The molecule has 0 saturated carbocycles. The van der Waals surface area contributed by atoms with Crippen LogP contribution >= 0.6 is 11.3 Å². The Morgan fingerprint density at radius 2 is 1.79 bits per heavy atom. The summed E-state index contributed by atoms with van der Waals surface area (Å²) >= 11 is 1.44. The molecule has 0 radical (unpaired) electrons. The second kappa shape index (κ2) is 9.61. The third-order valence-corrected chi connectivity index (χ3v) is 8.90. The van der Waals surface area contributed by atoms with Gasteiger partial charge in [0.1, 0.15) is 11.3 Å². The molecule has 3 aromatic rings. The largest absolute Gasteiger partial charge is 0.495 e. The zero-order chi connectivity index (χ0) is 24.6. The van der Waals surface area contributed by atoms with Gasteiger partial charge >= 0.3 is 0 Å². The van der Waals surface area contributed by atoms with Gasteiger partial charge in [0.15, 0.2) is 4.80 Å². The van der Waals surface area contributed by atoms with E-state index in [0.29, 0.717) is 30.0 Å². The van der Waals surface area contributed by atoms with E-state index in [1.54, 1.807) is 7.11 Å². The van der Waals surface area contributed by atoms with Crippen LogP contribution in [-0.4, -0.2) is 55.6 Å². The fourth-order valence-electron chi connectivity index (χ4n) is 4.22. The number of morpholine rings is 1.